The maximum Gasteiger partial charge on any atom is 0.307 e. The molecule has 1 N–H and O–H groups in total. The molecule has 0 aromatic heterocycles. The van der Waals surface area contributed by atoms with E-state index in [4.69, 9.17) is 5.11 Å². The summed E-state index contributed by atoms with van der Waals surface area (Å²) in [6.45, 7) is 1.45. The molecule has 5 heteroatoms. The predicted octanol–water partition coefficient (Wildman–Crippen LogP) is 2.63. The summed E-state index contributed by atoms with van der Waals surface area (Å²) >= 11 is 7.46. The number of rotatable bonds is 4. The van der Waals surface area contributed by atoms with Crippen molar-refractivity contribution in [2.24, 2.45) is 0 Å². The number of hydrogen-bond donors (Lipinski definition) is 2. The lowest BCUT2D eigenvalue weighted by atomic mass is 10.00. The number of aliphatic carboxylic acids is 1. The molecule has 1 unspecified atom stereocenters. The van der Waals surface area contributed by atoms with Crippen molar-refractivity contribution >= 4 is 40.3 Å². The van der Waals surface area contributed by atoms with Crippen molar-refractivity contribution < 1.29 is 14.7 Å². The van der Waals surface area contributed by atoms with Crippen LogP contribution in [0.4, 0.5) is 0 Å². The monoisotopic (exact) mass is 302 g/mol. The Hall–Kier alpha value is -0.810. The van der Waals surface area contributed by atoms with E-state index in [1.165, 1.54) is 6.92 Å². The molecule has 86 valence electrons. The van der Waals surface area contributed by atoms with Crippen LogP contribution in [-0.2, 0) is 16.0 Å². The first-order valence-electron chi connectivity index (χ1n) is 4.60. The molecule has 1 rings (SSSR count). The van der Waals surface area contributed by atoms with E-state index in [-0.39, 0.29) is 12.2 Å². The Morgan fingerprint density at radius 3 is 2.62 bits per heavy atom. The van der Waals surface area contributed by atoms with Gasteiger partial charge in [-0.1, -0.05) is 28.1 Å². The molecule has 1 atom stereocenters. The molecule has 0 heterocycles. The van der Waals surface area contributed by atoms with E-state index in [2.05, 4.69) is 28.6 Å². The van der Waals surface area contributed by atoms with E-state index >= 15 is 0 Å². The average molecular weight is 303 g/mol. The summed E-state index contributed by atoms with van der Waals surface area (Å²) in [6.07, 6.45) is -0.135. The third kappa shape index (κ3) is 3.09. The number of ketones is 1. The van der Waals surface area contributed by atoms with Gasteiger partial charge in [-0.15, -0.1) is 12.6 Å². The van der Waals surface area contributed by atoms with Gasteiger partial charge in [0.2, 0.25) is 0 Å². The van der Waals surface area contributed by atoms with Crippen molar-refractivity contribution in [3.63, 3.8) is 0 Å². The van der Waals surface area contributed by atoms with E-state index in [0.717, 1.165) is 0 Å². The van der Waals surface area contributed by atoms with Crippen molar-refractivity contribution in [2.45, 2.75) is 23.1 Å². The Kier molecular flexibility index (Phi) is 4.56. The maximum absolute atomic E-state index is 11.3. The fourth-order valence-electron chi connectivity index (χ4n) is 1.39. The van der Waals surface area contributed by atoms with Crippen LogP contribution in [0.2, 0.25) is 0 Å². The van der Waals surface area contributed by atoms with Crippen LogP contribution in [0.1, 0.15) is 22.9 Å². The normalized spacial score (nSPS) is 12.2. The highest BCUT2D eigenvalue weighted by Crippen LogP contribution is 2.30. The van der Waals surface area contributed by atoms with Crippen molar-refractivity contribution in [1.82, 2.24) is 0 Å². The summed E-state index contributed by atoms with van der Waals surface area (Å²) in [5.41, 5.74) is 1.25. The highest BCUT2D eigenvalue weighted by atomic mass is 79.9. The van der Waals surface area contributed by atoms with Crippen LogP contribution in [0.5, 0.6) is 0 Å². The molecular formula is C11H11BrO3S. The van der Waals surface area contributed by atoms with E-state index in [0.29, 0.717) is 16.0 Å². The van der Waals surface area contributed by atoms with Crippen molar-refractivity contribution in [3.05, 3.63) is 29.3 Å². The molecule has 0 bridgehead atoms. The summed E-state index contributed by atoms with van der Waals surface area (Å²) in [6, 6.07) is 5.20. The zero-order chi connectivity index (χ0) is 12.3. The van der Waals surface area contributed by atoms with Gasteiger partial charge in [0.15, 0.2) is 0 Å². The van der Waals surface area contributed by atoms with Crippen LogP contribution in [0.25, 0.3) is 0 Å². The smallest absolute Gasteiger partial charge is 0.307 e. The highest BCUT2D eigenvalue weighted by molar-refractivity contribution is 9.09. The van der Waals surface area contributed by atoms with Crippen LogP contribution < -0.4 is 0 Å². The minimum absolute atomic E-state index is 0.0643. The van der Waals surface area contributed by atoms with Crippen molar-refractivity contribution in [3.8, 4) is 0 Å². The van der Waals surface area contributed by atoms with Gasteiger partial charge in [-0.3, -0.25) is 9.59 Å². The number of hydrogen-bond acceptors (Lipinski definition) is 3. The number of carbonyl (C=O) groups is 2. The highest BCUT2D eigenvalue weighted by Gasteiger charge is 2.19. The lowest BCUT2D eigenvalue weighted by Gasteiger charge is -2.13. The van der Waals surface area contributed by atoms with Crippen LogP contribution >= 0.6 is 28.6 Å². The number of carboxylic acids is 1. The average Bonchev–Trinajstić information content (AvgIpc) is 2.19. The molecular weight excluding hydrogens is 292 g/mol. The molecule has 0 aliphatic heterocycles. The lowest BCUT2D eigenvalue weighted by molar-refractivity contribution is -0.136. The molecule has 3 nitrogen and oxygen atoms in total. The first kappa shape index (κ1) is 13.3. The summed E-state index contributed by atoms with van der Waals surface area (Å²) in [7, 11) is 0. The molecule has 0 aliphatic rings. The van der Waals surface area contributed by atoms with Gasteiger partial charge in [-0.25, -0.2) is 0 Å². The Morgan fingerprint density at radius 1 is 1.50 bits per heavy atom. The fraction of sp³-hybridized carbons (Fsp3) is 0.273. The Labute approximate surface area is 107 Å². The second kappa shape index (κ2) is 5.50. The molecule has 0 aliphatic carbocycles. The van der Waals surface area contributed by atoms with E-state index in [1.54, 1.807) is 18.2 Å². The number of carbonyl (C=O) groups excluding carboxylic acids is 1. The quantitative estimate of drug-likeness (QED) is 0.664. The largest absolute Gasteiger partial charge is 0.481 e. The molecule has 0 fully saturated rings. The standard InChI is InChI=1S/C11H11BrO3S/c1-6(13)11(12)7-3-2-4-9(16)8(7)5-10(14)15/h2-4,11,16H,5H2,1H3,(H,14,15). The first-order chi connectivity index (χ1) is 7.43. The van der Waals surface area contributed by atoms with Crippen LogP contribution in [0, 0.1) is 0 Å². The van der Waals surface area contributed by atoms with Gasteiger partial charge < -0.3 is 5.11 Å². The third-order valence-corrected chi connectivity index (χ3v) is 3.70. The number of alkyl halides is 1. The van der Waals surface area contributed by atoms with Crippen molar-refractivity contribution in [2.75, 3.05) is 0 Å². The second-order valence-corrected chi connectivity index (χ2v) is 4.79. The van der Waals surface area contributed by atoms with Crippen LogP contribution in [0.15, 0.2) is 23.1 Å². The number of carboxylic acid groups (broad SMARTS) is 1. The molecule has 0 spiro atoms. The van der Waals surface area contributed by atoms with Crippen LogP contribution in [-0.4, -0.2) is 16.9 Å². The zero-order valence-corrected chi connectivity index (χ0v) is 11.1. The minimum atomic E-state index is -0.939. The van der Waals surface area contributed by atoms with Gasteiger partial charge in [-0.05, 0) is 24.1 Å². The Bertz CT molecular complexity index is 431. The van der Waals surface area contributed by atoms with Gasteiger partial charge in [0.25, 0.3) is 0 Å². The maximum atomic E-state index is 11.3. The zero-order valence-electron chi connectivity index (χ0n) is 8.61. The number of halogens is 1. The molecule has 1 aromatic rings. The van der Waals surface area contributed by atoms with Gasteiger partial charge in [0.05, 0.1) is 11.2 Å². The topological polar surface area (TPSA) is 54.4 Å². The number of benzene rings is 1. The predicted molar refractivity (Wildman–Crippen MR) is 67.4 cm³/mol. The molecule has 0 radical (unpaired) electrons. The third-order valence-electron chi connectivity index (χ3n) is 2.15. The Balaban J connectivity index is 3.22. The molecule has 1 aromatic carbocycles. The fourth-order valence-corrected chi connectivity index (χ4v) is 2.12. The minimum Gasteiger partial charge on any atom is -0.481 e. The molecule has 16 heavy (non-hydrogen) atoms. The van der Waals surface area contributed by atoms with Gasteiger partial charge >= 0.3 is 5.97 Å². The van der Waals surface area contributed by atoms with Gasteiger partial charge in [-0.2, -0.15) is 0 Å². The molecule has 0 saturated heterocycles. The van der Waals surface area contributed by atoms with Crippen LogP contribution in [0.3, 0.4) is 0 Å². The Morgan fingerprint density at radius 2 is 2.12 bits per heavy atom. The molecule has 0 amide bonds. The number of Topliss-reactive ketones (excluding diaryl/α,β-unsaturated/α-hetero) is 1. The summed E-state index contributed by atoms with van der Waals surface area (Å²) in [5, 5.41) is 8.80. The second-order valence-electron chi connectivity index (χ2n) is 3.39. The molecule has 0 saturated carbocycles. The lowest BCUT2D eigenvalue weighted by Crippen LogP contribution is -2.09. The summed E-state index contributed by atoms with van der Waals surface area (Å²) < 4.78 is 0. The van der Waals surface area contributed by atoms with Crippen molar-refractivity contribution in [1.29, 1.82) is 0 Å². The van der Waals surface area contributed by atoms with Gasteiger partial charge in [0.1, 0.15) is 5.78 Å². The summed E-state index contributed by atoms with van der Waals surface area (Å²) in [5.74, 6) is -1.00. The van der Waals surface area contributed by atoms with E-state index < -0.39 is 10.8 Å². The summed E-state index contributed by atoms with van der Waals surface area (Å²) in [4.78, 5) is 22.1. The number of thiol groups is 1. The van der Waals surface area contributed by atoms with E-state index in [9.17, 15) is 9.59 Å². The first-order valence-corrected chi connectivity index (χ1v) is 5.97. The SMILES string of the molecule is CC(=O)C(Br)c1cccc(S)c1CC(=O)O. The van der Waals surface area contributed by atoms with Gasteiger partial charge in [0, 0.05) is 4.90 Å². The van der Waals surface area contributed by atoms with E-state index in [1.807, 2.05) is 0 Å².